The van der Waals surface area contributed by atoms with Crippen molar-refractivity contribution in [2.24, 2.45) is 0 Å². The van der Waals surface area contributed by atoms with Crippen LogP contribution in [0, 0.1) is 13.8 Å². The first kappa shape index (κ1) is 22.0. The maximum atomic E-state index is 12.4. The van der Waals surface area contributed by atoms with Gasteiger partial charge in [0.1, 0.15) is 12.3 Å². The van der Waals surface area contributed by atoms with Gasteiger partial charge in [0, 0.05) is 11.4 Å². The van der Waals surface area contributed by atoms with Crippen LogP contribution >= 0.6 is 0 Å². The number of ether oxygens (including phenoxy) is 3. The highest BCUT2D eigenvalue weighted by Crippen LogP contribution is 2.23. The molecule has 0 aliphatic heterocycles. The van der Waals surface area contributed by atoms with Crippen molar-refractivity contribution in [3.63, 3.8) is 0 Å². The Hall–Kier alpha value is -3.29. The lowest BCUT2D eigenvalue weighted by Crippen LogP contribution is -2.31. The Morgan fingerprint density at radius 1 is 1.17 bits per heavy atom. The molecule has 0 saturated carbocycles. The minimum Gasteiger partial charge on any atom is -0.495 e. The lowest BCUT2D eigenvalue weighted by atomic mass is 10.2. The van der Waals surface area contributed by atoms with Gasteiger partial charge in [0.05, 0.1) is 25.0 Å². The van der Waals surface area contributed by atoms with Crippen molar-refractivity contribution in [3.05, 3.63) is 47.3 Å². The fraction of sp³-hybridized carbons (Fsp3) is 0.381. The van der Waals surface area contributed by atoms with Gasteiger partial charge in [-0.1, -0.05) is 12.1 Å². The first-order chi connectivity index (χ1) is 13.8. The number of carbonyl (C=O) groups is 3. The maximum absolute atomic E-state index is 12.4. The number of anilines is 1. The molecule has 1 heterocycles. The Balaban J connectivity index is 2.01. The van der Waals surface area contributed by atoms with Crippen LogP contribution in [0.4, 0.5) is 5.69 Å². The van der Waals surface area contributed by atoms with Crippen LogP contribution in [0.5, 0.6) is 5.75 Å². The number of hydrogen-bond donors (Lipinski definition) is 1. The number of para-hydroxylation sites is 2. The van der Waals surface area contributed by atoms with E-state index in [1.807, 2.05) is 0 Å². The van der Waals surface area contributed by atoms with E-state index in [0.29, 0.717) is 28.4 Å². The number of aryl methyl sites for hydroxylation is 1. The molecular weight excluding hydrogens is 376 g/mol. The Morgan fingerprint density at radius 3 is 2.52 bits per heavy atom. The predicted molar refractivity (Wildman–Crippen MR) is 107 cm³/mol. The average molecular weight is 402 g/mol. The Morgan fingerprint density at radius 2 is 1.86 bits per heavy atom. The van der Waals surface area contributed by atoms with E-state index in [1.54, 1.807) is 55.7 Å². The Labute approximate surface area is 169 Å². The number of aromatic nitrogens is 1. The second-order valence-electron chi connectivity index (χ2n) is 6.41. The van der Waals surface area contributed by atoms with Crippen LogP contribution in [0.2, 0.25) is 0 Å². The van der Waals surface area contributed by atoms with E-state index in [4.69, 9.17) is 14.2 Å². The molecule has 0 spiro atoms. The highest BCUT2D eigenvalue weighted by atomic mass is 16.5. The van der Waals surface area contributed by atoms with Crippen molar-refractivity contribution < 1.29 is 28.6 Å². The molecule has 0 aliphatic rings. The Bertz CT molecular complexity index is 903. The van der Waals surface area contributed by atoms with Crippen LogP contribution in [0.3, 0.4) is 0 Å². The first-order valence-electron chi connectivity index (χ1n) is 9.25. The molecule has 2 rings (SSSR count). The van der Waals surface area contributed by atoms with Gasteiger partial charge in [0.25, 0.3) is 5.91 Å². The van der Waals surface area contributed by atoms with Crippen molar-refractivity contribution in [2.45, 2.75) is 40.3 Å². The fourth-order valence-electron chi connectivity index (χ4n) is 2.86. The summed E-state index contributed by atoms with van der Waals surface area (Å²) < 4.78 is 17.1. The standard InChI is InChI=1S/C21H26N2O6/c1-6-28-21(26)16-11-13(2)23(14(16)3)12-19(24)29-15(4)20(25)22-17-9-7-8-10-18(17)27-5/h7-11,15H,6,12H2,1-5H3,(H,22,25)/t15-/m1/s1. The highest BCUT2D eigenvalue weighted by molar-refractivity contribution is 5.96. The molecule has 1 aromatic carbocycles. The SMILES string of the molecule is CCOC(=O)c1cc(C)n(CC(=O)O[C@H](C)C(=O)Nc2ccccc2OC)c1C. The second kappa shape index (κ2) is 9.77. The molecule has 2 aromatic rings. The molecule has 1 atom stereocenters. The number of methoxy groups -OCH3 is 1. The number of rotatable bonds is 8. The van der Waals surface area contributed by atoms with E-state index < -0.39 is 23.9 Å². The minimum atomic E-state index is -1.01. The van der Waals surface area contributed by atoms with Gasteiger partial charge in [-0.15, -0.1) is 0 Å². The zero-order chi connectivity index (χ0) is 21.6. The van der Waals surface area contributed by atoms with Crippen LogP contribution in [0.1, 0.15) is 35.6 Å². The summed E-state index contributed by atoms with van der Waals surface area (Å²) >= 11 is 0. The van der Waals surface area contributed by atoms with Crippen LogP contribution < -0.4 is 10.1 Å². The summed E-state index contributed by atoms with van der Waals surface area (Å²) in [5.74, 6) is -1.00. The van der Waals surface area contributed by atoms with Crippen LogP contribution in [0.25, 0.3) is 0 Å². The molecule has 0 fully saturated rings. The summed E-state index contributed by atoms with van der Waals surface area (Å²) in [6.45, 7) is 6.87. The van der Waals surface area contributed by atoms with Gasteiger partial charge in [-0.05, 0) is 45.9 Å². The van der Waals surface area contributed by atoms with Gasteiger partial charge >= 0.3 is 11.9 Å². The monoisotopic (exact) mass is 402 g/mol. The van der Waals surface area contributed by atoms with E-state index in [0.717, 1.165) is 0 Å². The molecular formula is C21H26N2O6. The molecule has 1 aromatic heterocycles. The third-order valence-corrected chi connectivity index (χ3v) is 4.40. The molecule has 1 N–H and O–H groups in total. The molecule has 156 valence electrons. The van der Waals surface area contributed by atoms with E-state index >= 15 is 0 Å². The summed E-state index contributed by atoms with van der Waals surface area (Å²) in [6, 6.07) is 8.61. The molecule has 8 nitrogen and oxygen atoms in total. The first-order valence-corrected chi connectivity index (χ1v) is 9.25. The van der Waals surface area contributed by atoms with Gasteiger partial charge < -0.3 is 24.1 Å². The topological polar surface area (TPSA) is 95.9 Å². The summed E-state index contributed by atoms with van der Waals surface area (Å²) in [4.78, 5) is 36.7. The van der Waals surface area contributed by atoms with Crippen molar-refractivity contribution in [2.75, 3.05) is 19.0 Å². The van der Waals surface area contributed by atoms with Crippen molar-refractivity contribution in [1.29, 1.82) is 0 Å². The number of benzene rings is 1. The second-order valence-corrected chi connectivity index (χ2v) is 6.41. The zero-order valence-electron chi connectivity index (χ0n) is 17.3. The number of carbonyl (C=O) groups excluding carboxylic acids is 3. The third-order valence-electron chi connectivity index (χ3n) is 4.40. The van der Waals surface area contributed by atoms with Crippen molar-refractivity contribution in [1.82, 2.24) is 4.57 Å². The summed E-state index contributed by atoms with van der Waals surface area (Å²) in [6.07, 6.45) is -1.01. The average Bonchev–Trinajstić information content (AvgIpc) is 2.96. The van der Waals surface area contributed by atoms with Crippen molar-refractivity contribution in [3.8, 4) is 5.75 Å². The van der Waals surface area contributed by atoms with Crippen LogP contribution in [-0.4, -0.2) is 42.2 Å². The molecule has 0 radical (unpaired) electrons. The van der Waals surface area contributed by atoms with Gasteiger partial charge in [-0.3, -0.25) is 9.59 Å². The number of esters is 2. The largest absolute Gasteiger partial charge is 0.495 e. The smallest absolute Gasteiger partial charge is 0.339 e. The summed E-state index contributed by atoms with van der Waals surface area (Å²) in [7, 11) is 1.50. The highest BCUT2D eigenvalue weighted by Gasteiger charge is 2.22. The normalized spacial score (nSPS) is 11.5. The minimum absolute atomic E-state index is 0.122. The van der Waals surface area contributed by atoms with Crippen LogP contribution in [-0.2, 0) is 25.6 Å². The zero-order valence-corrected chi connectivity index (χ0v) is 17.3. The molecule has 0 unspecified atom stereocenters. The Kier molecular flexibility index (Phi) is 7.41. The van der Waals surface area contributed by atoms with E-state index in [9.17, 15) is 14.4 Å². The fourth-order valence-corrected chi connectivity index (χ4v) is 2.86. The molecule has 29 heavy (non-hydrogen) atoms. The molecule has 0 saturated heterocycles. The number of nitrogens with one attached hydrogen (secondary N) is 1. The van der Waals surface area contributed by atoms with E-state index in [-0.39, 0.29) is 13.2 Å². The number of amides is 1. The van der Waals surface area contributed by atoms with Crippen LogP contribution in [0.15, 0.2) is 30.3 Å². The third kappa shape index (κ3) is 5.37. The molecule has 0 aliphatic carbocycles. The van der Waals surface area contributed by atoms with Gasteiger partial charge in [-0.25, -0.2) is 4.79 Å². The van der Waals surface area contributed by atoms with Gasteiger partial charge in [0.2, 0.25) is 0 Å². The van der Waals surface area contributed by atoms with E-state index in [2.05, 4.69) is 5.32 Å². The van der Waals surface area contributed by atoms with Gasteiger partial charge in [-0.2, -0.15) is 0 Å². The number of hydrogen-bond acceptors (Lipinski definition) is 6. The summed E-state index contributed by atoms with van der Waals surface area (Å²) in [5.41, 5.74) is 2.20. The summed E-state index contributed by atoms with van der Waals surface area (Å²) in [5, 5.41) is 2.68. The quantitative estimate of drug-likeness (QED) is 0.682. The molecule has 1 amide bonds. The maximum Gasteiger partial charge on any atom is 0.339 e. The van der Waals surface area contributed by atoms with Crippen molar-refractivity contribution >= 4 is 23.5 Å². The lowest BCUT2D eigenvalue weighted by Gasteiger charge is -2.16. The predicted octanol–water partition coefficient (Wildman–Crippen LogP) is 2.86. The molecule has 0 bridgehead atoms. The van der Waals surface area contributed by atoms with Gasteiger partial charge in [0.15, 0.2) is 6.10 Å². The molecule has 8 heteroatoms. The number of nitrogens with zero attached hydrogens (tertiary/aromatic N) is 1. The lowest BCUT2D eigenvalue weighted by molar-refractivity contribution is -0.153. The van der Waals surface area contributed by atoms with E-state index in [1.165, 1.54) is 14.0 Å².